The first kappa shape index (κ1) is 22.9. The molecule has 24 heavy (non-hydrogen) atoms. The summed E-state index contributed by atoms with van der Waals surface area (Å²) < 4.78 is 0. The molecule has 0 radical (unpaired) electrons. The fourth-order valence-corrected chi connectivity index (χ4v) is 2.45. The summed E-state index contributed by atoms with van der Waals surface area (Å²) >= 11 is 0. The molecule has 6 N–H and O–H groups in total. The van der Waals surface area contributed by atoms with Gasteiger partial charge in [-0.15, -0.1) is 0 Å². The Kier molecular flexibility index (Phi) is 17.3. The zero-order chi connectivity index (χ0) is 17.9. The van der Waals surface area contributed by atoms with E-state index in [1.165, 1.54) is 0 Å². The molecule has 6 nitrogen and oxygen atoms in total. The monoisotopic (exact) mass is 342 g/mol. The van der Waals surface area contributed by atoms with Gasteiger partial charge in [-0.3, -0.25) is 9.59 Å². The van der Waals surface area contributed by atoms with Crippen molar-refractivity contribution >= 4 is 11.8 Å². The van der Waals surface area contributed by atoms with Gasteiger partial charge in [0.25, 0.3) is 0 Å². The van der Waals surface area contributed by atoms with Crippen LogP contribution in [0, 0.1) is 0 Å². The Labute approximate surface area is 147 Å². The van der Waals surface area contributed by atoms with E-state index < -0.39 is 0 Å². The van der Waals surface area contributed by atoms with E-state index in [0.717, 1.165) is 90.4 Å². The van der Waals surface area contributed by atoms with Crippen LogP contribution in [0.4, 0.5) is 0 Å². The molecular formula is C18H38N4O2. The van der Waals surface area contributed by atoms with E-state index in [1.54, 1.807) is 0 Å². The molecule has 0 fully saturated rings. The van der Waals surface area contributed by atoms with Crippen molar-refractivity contribution in [3.8, 4) is 0 Å². The second-order valence-electron chi connectivity index (χ2n) is 6.31. The summed E-state index contributed by atoms with van der Waals surface area (Å²) in [6, 6.07) is 0. The molecule has 6 heteroatoms. The first-order valence-electron chi connectivity index (χ1n) is 9.64. The second kappa shape index (κ2) is 18.2. The number of rotatable bonds is 17. The van der Waals surface area contributed by atoms with Crippen LogP contribution in [0.25, 0.3) is 0 Å². The highest BCUT2D eigenvalue weighted by Crippen LogP contribution is 2.02. The number of unbranched alkanes of at least 4 members (excludes halogenated alkanes) is 7. The van der Waals surface area contributed by atoms with Crippen LogP contribution in [0.5, 0.6) is 0 Å². The van der Waals surface area contributed by atoms with Gasteiger partial charge in [0.1, 0.15) is 0 Å². The Hall–Kier alpha value is -1.14. The lowest BCUT2D eigenvalue weighted by molar-refractivity contribution is -0.123. The molecule has 0 aliphatic rings. The van der Waals surface area contributed by atoms with E-state index in [9.17, 15) is 9.59 Å². The van der Waals surface area contributed by atoms with E-state index >= 15 is 0 Å². The molecule has 0 aliphatic carbocycles. The Balaban J connectivity index is 3.31. The SMILES string of the molecule is NCCCCCCNC(=O)CCCCC(=O)NCCCCCCN. The lowest BCUT2D eigenvalue weighted by Crippen LogP contribution is -2.25. The Bertz CT molecular complexity index is 281. The van der Waals surface area contributed by atoms with Crippen LogP contribution < -0.4 is 22.1 Å². The lowest BCUT2D eigenvalue weighted by atomic mass is 10.1. The Morgan fingerprint density at radius 3 is 1.29 bits per heavy atom. The molecule has 2 amide bonds. The lowest BCUT2D eigenvalue weighted by Gasteiger charge is -2.06. The number of nitrogens with one attached hydrogen (secondary N) is 2. The molecule has 0 atom stereocenters. The highest BCUT2D eigenvalue weighted by molar-refractivity contribution is 5.77. The van der Waals surface area contributed by atoms with E-state index in [1.807, 2.05) is 0 Å². The third-order valence-electron chi connectivity index (χ3n) is 3.96. The largest absolute Gasteiger partial charge is 0.356 e. The topological polar surface area (TPSA) is 110 Å². The average Bonchev–Trinajstić information content (AvgIpc) is 2.58. The number of hydrogen-bond donors (Lipinski definition) is 4. The first-order valence-corrected chi connectivity index (χ1v) is 9.64. The van der Waals surface area contributed by atoms with Crippen LogP contribution >= 0.6 is 0 Å². The first-order chi connectivity index (χ1) is 11.7. The highest BCUT2D eigenvalue weighted by Gasteiger charge is 2.03. The van der Waals surface area contributed by atoms with E-state index in [4.69, 9.17) is 11.5 Å². The van der Waals surface area contributed by atoms with Crippen LogP contribution in [0.15, 0.2) is 0 Å². The maximum atomic E-state index is 11.6. The number of hydrogen-bond acceptors (Lipinski definition) is 4. The fraction of sp³-hybridized carbons (Fsp3) is 0.889. The number of nitrogens with two attached hydrogens (primary N) is 2. The van der Waals surface area contributed by atoms with Crippen molar-refractivity contribution in [3.05, 3.63) is 0 Å². The van der Waals surface area contributed by atoms with Crippen LogP contribution in [0.3, 0.4) is 0 Å². The molecule has 142 valence electrons. The molecule has 0 saturated carbocycles. The maximum Gasteiger partial charge on any atom is 0.219 e. The Morgan fingerprint density at radius 1 is 0.542 bits per heavy atom. The van der Waals surface area contributed by atoms with Crippen molar-refractivity contribution < 1.29 is 9.59 Å². The Morgan fingerprint density at radius 2 is 0.917 bits per heavy atom. The van der Waals surface area contributed by atoms with E-state index in [0.29, 0.717) is 12.8 Å². The third kappa shape index (κ3) is 17.2. The minimum absolute atomic E-state index is 0.0918. The van der Waals surface area contributed by atoms with Gasteiger partial charge in [0.15, 0.2) is 0 Å². The molecule has 0 rings (SSSR count). The molecule has 0 saturated heterocycles. The third-order valence-corrected chi connectivity index (χ3v) is 3.96. The minimum Gasteiger partial charge on any atom is -0.356 e. The molecule has 0 aromatic carbocycles. The molecule has 0 heterocycles. The average molecular weight is 343 g/mol. The highest BCUT2D eigenvalue weighted by atomic mass is 16.2. The van der Waals surface area contributed by atoms with Crippen molar-refractivity contribution in [1.29, 1.82) is 0 Å². The summed E-state index contributed by atoms with van der Waals surface area (Å²) in [6.45, 7) is 2.98. The predicted octanol–water partition coefficient (Wildman–Crippen LogP) is 1.82. The van der Waals surface area contributed by atoms with Crippen molar-refractivity contribution in [3.63, 3.8) is 0 Å². The fourth-order valence-electron chi connectivity index (χ4n) is 2.45. The molecule has 0 bridgehead atoms. The molecule has 0 aromatic heterocycles. The van der Waals surface area contributed by atoms with Gasteiger partial charge in [-0.1, -0.05) is 25.7 Å². The van der Waals surface area contributed by atoms with E-state index in [2.05, 4.69) is 10.6 Å². The van der Waals surface area contributed by atoms with Crippen LogP contribution in [-0.2, 0) is 9.59 Å². The summed E-state index contributed by atoms with van der Waals surface area (Å²) in [4.78, 5) is 23.3. The van der Waals surface area contributed by atoms with Gasteiger partial charge in [-0.05, 0) is 51.6 Å². The molecule has 0 spiro atoms. The van der Waals surface area contributed by atoms with Crippen molar-refractivity contribution in [1.82, 2.24) is 10.6 Å². The molecule has 0 unspecified atom stereocenters. The quantitative estimate of drug-likeness (QED) is 0.302. The summed E-state index contributed by atoms with van der Waals surface area (Å²) in [7, 11) is 0. The summed E-state index contributed by atoms with van der Waals surface area (Å²) in [5.41, 5.74) is 10.9. The van der Waals surface area contributed by atoms with Crippen LogP contribution in [0.2, 0.25) is 0 Å². The number of amides is 2. The summed E-state index contributed by atoms with van der Waals surface area (Å²) in [5, 5.41) is 5.85. The summed E-state index contributed by atoms with van der Waals surface area (Å²) in [5.74, 6) is 0.184. The summed E-state index contributed by atoms with van der Waals surface area (Å²) in [6.07, 6.45) is 11.2. The van der Waals surface area contributed by atoms with Crippen LogP contribution in [0.1, 0.15) is 77.0 Å². The zero-order valence-corrected chi connectivity index (χ0v) is 15.3. The van der Waals surface area contributed by atoms with Gasteiger partial charge >= 0.3 is 0 Å². The van der Waals surface area contributed by atoms with Gasteiger partial charge in [-0.25, -0.2) is 0 Å². The second-order valence-corrected chi connectivity index (χ2v) is 6.31. The van der Waals surface area contributed by atoms with Crippen LogP contribution in [-0.4, -0.2) is 38.0 Å². The normalized spacial score (nSPS) is 10.6. The smallest absolute Gasteiger partial charge is 0.219 e. The van der Waals surface area contributed by atoms with Gasteiger partial charge in [-0.2, -0.15) is 0 Å². The molecule has 0 aromatic rings. The number of carbonyl (C=O) groups excluding carboxylic acids is 2. The van der Waals surface area contributed by atoms with E-state index in [-0.39, 0.29) is 11.8 Å². The van der Waals surface area contributed by atoms with Gasteiger partial charge < -0.3 is 22.1 Å². The van der Waals surface area contributed by atoms with Crippen molar-refractivity contribution in [2.45, 2.75) is 77.0 Å². The van der Waals surface area contributed by atoms with Gasteiger partial charge in [0.2, 0.25) is 11.8 Å². The van der Waals surface area contributed by atoms with Crippen molar-refractivity contribution in [2.24, 2.45) is 11.5 Å². The number of carbonyl (C=O) groups is 2. The zero-order valence-electron chi connectivity index (χ0n) is 15.3. The standard InChI is InChI=1S/C18H38N4O2/c19-13-7-1-3-9-15-21-17(23)11-5-6-12-18(24)22-16-10-4-2-8-14-20/h1-16,19-20H2,(H,21,23)(H,22,24). The van der Waals surface area contributed by atoms with Crippen molar-refractivity contribution in [2.75, 3.05) is 26.2 Å². The molecule has 0 aliphatic heterocycles. The van der Waals surface area contributed by atoms with Gasteiger partial charge in [0.05, 0.1) is 0 Å². The van der Waals surface area contributed by atoms with Gasteiger partial charge in [0, 0.05) is 25.9 Å². The molecular weight excluding hydrogens is 304 g/mol. The minimum atomic E-state index is 0.0918. The predicted molar refractivity (Wildman–Crippen MR) is 99.5 cm³/mol. The maximum absolute atomic E-state index is 11.6.